The first-order valence-electron chi connectivity index (χ1n) is 8.91. The van der Waals surface area contributed by atoms with Crippen LogP contribution >= 0.6 is 23.1 Å². The van der Waals surface area contributed by atoms with Crippen molar-refractivity contribution < 1.29 is 14.3 Å². The Hall–Kier alpha value is -1.91. The van der Waals surface area contributed by atoms with Crippen molar-refractivity contribution in [3.05, 3.63) is 20.8 Å². The lowest BCUT2D eigenvalue weighted by Crippen LogP contribution is -2.36. The van der Waals surface area contributed by atoms with Gasteiger partial charge < -0.3 is 10.5 Å². The number of thiophene rings is 1. The fraction of sp³-hybridized carbons (Fsp3) is 0.529. The highest BCUT2D eigenvalue weighted by Crippen LogP contribution is 2.35. The largest absolute Gasteiger partial charge is 0.376 e. The Morgan fingerprint density at radius 3 is 2.96 bits per heavy atom. The highest BCUT2D eigenvalue weighted by atomic mass is 32.2. The summed E-state index contributed by atoms with van der Waals surface area (Å²) in [5, 5.41) is 3.22. The Bertz CT molecular complexity index is 962. The number of thioether (sulfide) groups is 1. The number of aryl methyl sites for hydroxylation is 2. The van der Waals surface area contributed by atoms with Gasteiger partial charge in [-0.25, -0.2) is 9.78 Å². The van der Waals surface area contributed by atoms with Gasteiger partial charge in [0, 0.05) is 11.5 Å². The fourth-order valence-electron chi connectivity index (χ4n) is 3.62. The summed E-state index contributed by atoms with van der Waals surface area (Å²) < 4.78 is 7.33. The fourth-order valence-corrected chi connectivity index (χ4v) is 5.74. The number of fused-ring (bicyclic) bond motifs is 3. The van der Waals surface area contributed by atoms with Crippen LogP contribution in [-0.2, 0) is 28.9 Å². The molecule has 0 unspecified atom stereocenters. The van der Waals surface area contributed by atoms with E-state index in [9.17, 15) is 14.4 Å². The number of nitrogens with two attached hydrogens (primary N) is 1. The summed E-state index contributed by atoms with van der Waals surface area (Å²) in [6.45, 7) is 1.12. The minimum Gasteiger partial charge on any atom is -0.376 e. The predicted molar refractivity (Wildman–Crippen MR) is 103 cm³/mol. The predicted octanol–water partition coefficient (Wildman–Crippen LogP) is 1.41. The number of rotatable bonds is 5. The molecule has 10 heteroatoms. The molecule has 1 fully saturated rings. The third-order valence-electron chi connectivity index (χ3n) is 4.80. The minimum absolute atomic E-state index is 0.0209. The number of primary amides is 1. The molecule has 1 aliphatic heterocycles. The monoisotopic (exact) mass is 408 g/mol. The van der Waals surface area contributed by atoms with Crippen LogP contribution in [0.1, 0.15) is 29.7 Å². The number of hydrogen-bond donors (Lipinski definition) is 2. The van der Waals surface area contributed by atoms with Crippen molar-refractivity contribution in [2.45, 2.75) is 49.9 Å². The molecule has 2 aliphatic rings. The van der Waals surface area contributed by atoms with E-state index in [1.165, 1.54) is 4.88 Å². The van der Waals surface area contributed by atoms with Crippen LogP contribution in [0.25, 0.3) is 10.2 Å². The topological polar surface area (TPSA) is 116 Å². The smallest absolute Gasteiger partial charge is 0.318 e. The maximum atomic E-state index is 13.3. The number of hydrogen-bond acceptors (Lipinski definition) is 7. The zero-order chi connectivity index (χ0) is 19.0. The van der Waals surface area contributed by atoms with Gasteiger partial charge in [-0.2, -0.15) is 0 Å². The third-order valence-corrected chi connectivity index (χ3v) is 6.96. The molecule has 2 aromatic heterocycles. The summed E-state index contributed by atoms with van der Waals surface area (Å²) >= 11 is 2.70. The van der Waals surface area contributed by atoms with Gasteiger partial charge in [-0.3, -0.25) is 19.5 Å². The third kappa shape index (κ3) is 3.74. The van der Waals surface area contributed by atoms with E-state index >= 15 is 0 Å². The van der Waals surface area contributed by atoms with Gasteiger partial charge in [-0.05, 0) is 37.7 Å². The molecule has 144 valence electrons. The summed E-state index contributed by atoms with van der Waals surface area (Å²) in [6.07, 6.45) is 4.84. The lowest BCUT2D eigenvalue weighted by atomic mass is 10.2. The standard InChI is InChI=1S/C17H20N4O4S2/c18-16(24)19-12(22)8-26-17-20-14-13(10-4-1-5-11(10)27-14)15(23)21(17)7-9-3-2-6-25-9/h9H,1-8H2,(H3,18,19,22,24)/t9-/m0/s1. The van der Waals surface area contributed by atoms with Gasteiger partial charge in [0.2, 0.25) is 5.91 Å². The Morgan fingerprint density at radius 2 is 2.22 bits per heavy atom. The van der Waals surface area contributed by atoms with Crippen molar-refractivity contribution in [2.24, 2.45) is 5.73 Å². The van der Waals surface area contributed by atoms with Gasteiger partial charge in [0.15, 0.2) is 5.16 Å². The molecule has 3 N–H and O–H groups in total. The maximum Gasteiger partial charge on any atom is 0.318 e. The van der Waals surface area contributed by atoms with Gasteiger partial charge in [0.05, 0.1) is 23.8 Å². The minimum atomic E-state index is -0.893. The Morgan fingerprint density at radius 1 is 1.37 bits per heavy atom. The summed E-state index contributed by atoms with van der Waals surface area (Å²) in [6, 6.07) is -0.893. The highest BCUT2D eigenvalue weighted by molar-refractivity contribution is 7.99. The molecular weight excluding hydrogens is 388 g/mol. The zero-order valence-electron chi connectivity index (χ0n) is 14.7. The number of carbonyl (C=O) groups excluding carboxylic acids is 2. The number of aromatic nitrogens is 2. The van der Waals surface area contributed by atoms with Gasteiger partial charge in [-0.1, -0.05) is 11.8 Å². The summed E-state index contributed by atoms with van der Waals surface area (Å²) in [5.74, 6) is -0.559. The lowest BCUT2D eigenvalue weighted by molar-refractivity contribution is -0.117. The molecule has 3 heterocycles. The van der Waals surface area contributed by atoms with Crippen LogP contribution in [0, 0.1) is 0 Å². The number of ether oxygens (including phenoxy) is 1. The Kier molecular flexibility index (Phi) is 5.20. The second-order valence-electron chi connectivity index (χ2n) is 6.68. The molecule has 1 saturated heterocycles. The van der Waals surface area contributed by atoms with Crippen molar-refractivity contribution in [3.63, 3.8) is 0 Å². The van der Waals surface area contributed by atoms with E-state index in [0.29, 0.717) is 18.3 Å². The lowest BCUT2D eigenvalue weighted by Gasteiger charge is -2.15. The molecule has 3 amide bonds. The van der Waals surface area contributed by atoms with Gasteiger partial charge in [0.25, 0.3) is 5.56 Å². The number of amides is 3. The van der Waals surface area contributed by atoms with E-state index < -0.39 is 11.9 Å². The first kappa shape index (κ1) is 18.5. The van der Waals surface area contributed by atoms with Crippen LogP contribution in [0.4, 0.5) is 4.79 Å². The van der Waals surface area contributed by atoms with Crippen LogP contribution in [0.2, 0.25) is 0 Å². The highest BCUT2D eigenvalue weighted by Gasteiger charge is 2.25. The molecule has 1 atom stereocenters. The molecule has 0 aromatic carbocycles. The molecule has 27 heavy (non-hydrogen) atoms. The molecule has 8 nitrogen and oxygen atoms in total. The number of imide groups is 1. The number of carbonyl (C=O) groups is 2. The Labute approximate surface area is 163 Å². The van der Waals surface area contributed by atoms with Crippen molar-refractivity contribution in [3.8, 4) is 0 Å². The zero-order valence-corrected chi connectivity index (χ0v) is 16.3. The summed E-state index contributed by atoms with van der Waals surface area (Å²) in [7, 11) is 0. The normalized spacial score (nSPS) is 18.7. The quantitative estimate of drug-likeness (QED) is 0.571. The van der Waals surface area contributed by atoms with Crippen molar-refractivity contribution >= 4 is 45.3 Å². The van der Waals surface area contributed by atoms with E-state index in [1.54, 1.807) is 15.9 Å². The van der Waals surface area contributed by atoms with Gasteiger partial charge in [0.1, 0.15) is 4.83 Å². The van der Waals surface area contributed by atoms with E-state index in [-0.39, 0.29) is 17.4 Å². The van der Waals surface area contributed by atoms with E-state index in [1.807, 2.05) is 5.32 Å². The van der Waals surface area contributed by atoms with E-state index in [2.05, 4.69) is 4.98 Å². The van der Waals surface area contributed by atoms with Crippen molar-refractivity contribution in [1.29, 1.82) is 0 Å². The molecular formula is C17H20N4O4S2. The van der Waals surface area contributed by atoms with Gasteiger partial charge >= 0.3 is 6.03 Å². The summed E-state index contributed by atoms with van der Waals surface area (Å²) in [5.41, 5.74) is 6.05. The molecule has 2 aromatic rings. The number of urea groups is 1. The number of nitrogens with zero attached hydrogens (tertiary/aromatic N) is 2. The first-order valence-corrected chi connectivity index (χ1v) is 10.7. The molecule has 0 saturated carbocycles. The molecule has 0 spiro atoms. The maximum absolute atomic E-state index is 13.3. The second kappa shape index (κ2) is 7.61. The van der Waals surface area contributed by atoms with E-state index in [4.69, 9.17) is 10.5 Å². The molecule has 0 bridgehead atoms. The van der Waals surface area contributed by atoms with Crippen LogP contribution < -0.4 is 16.6 Å². The van der Waals surface area contributed by atoms with Crippen molar-refractivity contribution in [2.75, 3.05) is 12.4 Å². The van der Waals surface area contributed by atoms with Crippen LogP contribution in [-0.4, -0.2) is 40.0 Å². The van der Waals surface area contributed by atoms with E-state index in [0.717, 1.165) is 59.6 Å². The van der Waals surface area contributed by atoms with Gasteiger partial charge in [-0.15, -0.1) is 11.3 Å². The van der Waals surface area contributed by atoms with Crippen LogP contribution in [0.3, 0.4) is 0 Å². The first-order chi connectivity index (χ1) is 13.0. The summed E-state index contributed by atoms with van der Waals surface area (Å²) in [4.78, 5) is 42.5. The Balaban J connectivity index is 1.70. The molecule has 4 rings (SSSR count). The second-order valence-corrected chi connectivity index (χ2v) is 8.71. The van der Waals surface area contributed by atoms with Crippen LogP contribution in [0.5, 0.6) is 0 Å². The average Bonchev–Trinajstić information content (AvgIpc) is 3.32. The molecule has 0 radical (unpaired) electrons. The SMILES string of the molecule is NC(=O)NC(=O)CSc1nc2sc3c(c2c(=O)n1C[C@@H]1CCCO1)CCC3. The number of nitrogens with one attached hydrogen (secondary N) is 1. The van der Waals surface area contributed by atoms with Crippen LogP contribution in [0.15, 0.2) is 9.95 Å². The van der Waals surface area contributed by atoms with Crippen molar-refractivity contribution in [1.82, 2.24) is 14.9 Å². The average molecular weight is 409 g/mol. The molecule has 1 aliphatic carbocycles.